The largest absolute Gasteiger partial charge is 0.508 e. The molecule has 1 fully saturated rings. The third kappa shape index (κ3) is 2.88. The topological polar surface area (TPSA) is 40.5 Å². The van der Waals surface area contributed by atoms with Crippen LogP contribution < -0.4 is 0 Å². The molecule has 1 N–H and O–H groups in total. The summed E-state index contributed by atoms with van der Waals surface area (Å²) in [6, 6.07) is 3.66. The lowest BCUT2D eigenvalue weighted by Gasteiger charge is -2.27. The zero-order chi connectivity index (χ0) is 14.2. The molecule has 1 aliphatic rings. The maximum absolute atomic E-state index is 13.7. The highest BCUT2D eigenvalue weighted by Gasteiger charge is 2.34. The van der Waals surface area contributed by atoms with E-state index >= 15 is 0 Å². The van der Waals surface area contributed by atoms with Gasteiger partial charge in [0.15, 0.2) is 0 Å². The quantitative estimate of drug-likeness (QED) is 0.848. The Labute approximate surface area is 113 Å². The van der Waals surface area contributed by atoms with Crippen LogP contribution in [0.3, 0.4) is 0 Å². The number of hydrogen-bond donors (Lipinski definition) is 1. The second-order valence-corrected chi connectivity index (χ2v) is 6.27. The Kier molecular flexibility index (Phi) is 3.52. The number of hydrogen-bond acceptors (Lipinski definition) is 2. The molecule has 1 aliphatic heterocycles. The molecule has 104 valence electrons. The lowest BCUT2D eigenvalue weighted by Crippen LogP contribution is -2.31. The van der Waals surface area contributed by atoms with Crippen molar-refractivity contribution in [3.8, 4) is 5.75 Å². The van der Waals surface area contributed by atoms with Crippen LogP contribution in [0.15, 0.2) is 18.2 Å². The first-order chi connectivity index (χ1) is 8.79. The number of rotatable bonds is 1. The van der Waals surface area contributed by atoms with Crippen LogP contribution in [0.5, 0.6) is 5.75 Å². The Morgan fingerprint density at radius 2 is 2.11 bits per heavy atom. The molecule has 3 nitrogen and oxygen atoms in total. The first kappa shape index (κ1) is 13.8. The van der Waals surface area contributed by atoms with Gasteiger partial charge in [-0.3, -0.25) is 4.79 Å². The minimum atomic E-state index is -0.663. The molecule has 1 unspecified atom stereocenters. The number of halogens is 1. The molecule has 4 heteroatoms. The first-order valence-electron chi connectivity index (χ1n) is 6.57. The minimum Gasteiger partial charge on any atom is -0.508 e. The molecule has 0 aliphatic carbocycles. The minimum absolute atomic E-state index is 0.0346. The van der Waals surface area contributed by atoms with Crippen LogP contribution in [0, 0.1) is 17.2 Å². The molecule has 1 saturated heterocycles. The van der Waals surface area contributed by atoms with Gasteiger partial charge in [-0.05, 0) is 29.9 Å². The van der Waals surface area contributed by atoms with E-state index in [1.807, 2.05) is 0 Å². The van der Waals surface area contributed by atoms with Crippen molar-refractivity contribution >= 4 is 5.91 Å². The normalized spacial score (nSPS) is 19.8. The van der Waals surface area contributed by atoms with Gasteiger partial charge in [-0.2, -0.15) is 0 Å². The van der Waals surface area contributed by atoms with E-state index in [1.165, 1.54) is 12.1 Å². The molecule has 19 heavy (non-hydrogen) atoms. The maximum atomic E-state index is 13.7. The summed E-state index contributed by atoms with van der Waals surface area (Å²) in [5, 5.41) is 9.17. The Balaban J connectivity index is 2.14. The van der Waals surface area contributed by atoms with Crippen molar-refractivity contribution in [2.24, 2.45) is 11.3 Å². The third-order valence-electron chi connectivity index (χ3n) is 3.88. The number of phenolic OH excluding ortho intramolecular Hbond substituents is 1. The van der Waals surface area contributed by atoms with Crippen LogP contribution in [0.25, 0.3) is 0 Å². The second kappa shape index (κ2) is 4.83. The van der Waals surface area contributed by atoms with Gasteiger partial charge in [-0.1, -0.05) is 20.8 Å². The van der Waals surface area contributed by atoms with E-state index in [0.717, 1.165) is 12.5 Å². The van der Waals surface area contributed by atoms with Gasteiger partial charge in [0.25, 0.3) is 5.91 Å². The highest BCUT2D eigenvalue weighted by Crippen LogP contribution is 2.34. The summed E-state index contributed by atoms with van der Waals surface area (Å²) in [6.45, 7) is 7.82. The van der Waals surface area contributed by atoms with Crippen molar-refractivity contribution in [2.75, 3.05) is 13.1 Å². The molecule has 1 aromatic rings. The lowest BCUT2D eigenvalue weighted by atomic mass is 9.80. The number of nitrogens with zero attached hydrogens (tertiary/aromatic N) is 1. The number of likely N-dealkylation sites (tertiary alicyclic amines) is 1. The summed E-state index contributed by atoms with van der Waals surface area (Å²) in [6.07, 6.45) is 0.953. The van der Waals surface area contributed by atoms with Crippen LogP contribution in [-0.2, 0) is 0 Å². The number of benzene rings is 1. The number of carbonyl (C=O) groups excluding carboxylic acids is 1. The van der Waals surface area contributed by atoms with Crippen molar-refractivity contribution in [2.45, 2.75) is 27.2 Å². The van der Waals surface area contributed by atoms with E-state index < -0.39 is 5.82 Å². The zero-order valence-electron chi connectivity index (χ0n) is 11.6. The van der Waals surface area contributed by atoms with Crippen molar-refractivity contribution in [1.29, 1.82) is 0 Å². The highest BCUT2D eigenvalue weighted by atomic mass is 19.1. The van der Waals surface area contributed by atoms with E-state index in [0.29, 0.717) is 19.0 Å². The van der Waals surface area contributed by atoms with Gasteiger partial charge in [-0.25, -0.2) is 4.39 Å². The Hall–Kier alpha value is -1.58. The summed E-state index contributed by atoms with van der Waals surface area (Å²) >= 11 is 0. The SMILES string of the molecule is CC(C)(C)C1CCN(C(=O)c2ccc(O)cc2F)C1. The predicted molar refractivity (Wildman–Crippen MR) is 71.5 cm³/mol. The molecule has 2 rings (SSSR count). The Bertz CT molecular complexity index is 493. The van der Waals surface area contributed by atoms with E-state index in [1.54, 1.807) is 4.90 Å². The fourth-order valence-electron chi connectivity index (χ4n) is 2.50. The molecule has 1 amide bonds. The summed E-state index contributed by atoms with van der Waals surface area (Å²) in [5.41, 5.74) is 0.190. The molecule has 0 saturated carbocycles. The zero-order valence-corrected chi connectivity index (χ0v) is 11.6. The Morgan fingerprint density at radius 3 is 2.63 bits per heavy atom. The van der Waals surface area contributed by atoms with Crippen LogP contribution >= 0.6 is 0 Å². The Morgan fingerprint density at radius 1 is 1.42 bits per heavy atom. The van der Waals surface area contributed by atoms with Crippen molar-refractivity contribution in [3.05, 3.63) is 29.6 Å². The standard InChI is InChI=1S/C15H20FNO2/c1-15(2,3)10-6-7-17(9-10)14(19)12-5-4-11(18)8-13(12)16/h4-5,8,10,18H,6-7,9H2,1-3H3. The summed E-state index contributed by atoms with van der Waals surface area (Å²) in [5.74, 6) is -0.673. The molecule has 0 spiro atoms. The summed E-state index contributed by atoms with van der Waals surface area (Å²) in [4.78, 5) is 14.0. The van der Waals surface area contributed by atoms with Crippen LogP contribution in [0.2, 0.25) is 0 Å². The molecule has 1 heterocycles. The van der Waals surface area contributed by atoms with Crippen LogP contribution in [0.1, 0.15) is 37.6 Å². The van der Waals surface area contributed by atoms with Gasteiger partial charge in [0, 0.05) is 19.2 Å². The van der Waals surface area contributed by atoms with Gasteiger partial charge in [0.1, 0.15) is 11.6 Å². The van der Waals surface area contributed by atoms with Gasteiger partial charge in [0.2, 0.25) is 0 Å². The van der Waals surface area contributed by atoms with E-state index in [9.17, 15) is 9.18 Å². The number of amides is 1. The smallest absolute Gasteiger partial charge is 0.256 e. The predicted octanol–water partition coefficient (Wildman–Crippen LogP) is 3.04. The number of phenols is 1. The number of aromatic hydroxyl groups is 1. The van der Waals surface area contributed by atoms with Gasteiger partial charge in [0.05, 0.1) is 5.56 Å². The molecular weight excluding hydrogens is 245 g/mol. The van der Waals surface area contributed by atoms with Crippen molar-refractivity contribution in [1.82, 2.24) is 4.90 Å². The maximum Gasteiger partial charge on any atom is 0.256 e. The molecule has 1 aromatic carbocycles. The summed E-state index contributed by atoms with van der Waals surface area (Å²) < 4.78 is 13.7. The van der Waals surface area contributed by atoms with Crippen LogP contribution in [-0.4, -0.2) is 29.0 Å². The fraction of sp³-hybridized carbons (Fsp3) is 0.533. The second-order valence-electron chi connectivity index (χ2n) is 6.27. The van der Waals surface area contributed by atoms with Crippen molar-refractivity contribution < 1.29 is 14.3 Å². The van der Waals surface area contributed by atoms with E-state index in [-0.39, 0.29) is 22.6 Å². The highest BCUT2D eigenvalue weighted by molar-refractivity contribution is 5.94. The van der Waals surface area contributed by atoms with Gasteiger partial charge < -0.3 is 10.0 Å². The fourth-order valence-corrected chi connectivity index (χ4v) is 2.50. The molecule has 1 atom stereocenters. The molecule has 0 aromatic heterocycles. The van der Waals surface area contributed by atoms with Crippen LogP contribution in [0.4, 0.5) is 4.39 Å². The average Bonchev–Trinajstić information content (AvgIpc) is 2.76. The third-order valence-corrected chi connectivity index (χ3v) is 3.88. The average molecular weight is 265 g/mol. The van der Waals surface area contributed by atoms with Gasteiger partial charge >= 0.3 is 0 Å². The van der Waals surface area contributed by atoms with Gasteiger partial charge in [-0.15, -0.1) is 0 Å². The summed E-state index contributed by atoms with van der Waals surface area (Å²) in [7, 11) is 0. The van der Waals surface area contributed by atoms with E-state index in [2.05, 4.69) is 20.8 Å². The first-order valence-corrected chi connectivity index (χ1v) is 6.57. The van der Waals surface area contributed by atoms with E-state index in [4.69, 9.17) is 5.11 Å². The molecular formula is C15H20FNO2. The van der Waals surface area contributed by atoms with Crippen molar-refractivity contribution in [3.63, 3.8) is 0 Å². The molecule has 0 bridgehead atoms. The monoisotopic (exact) mass is 265 g/mol. The number of carbonyl (C=O) groups is 1. The lowest BCUT2D eigenvalue weighted by molar-refractivity contribution is 0.0772. The molecule has 0 radical (unpaired) electrons.